The molecule has 0 saturated carbocycles. The van der Waals surface area contributed by atoms with Gasteiger partial charge in [-0.3, -0.25) is 4.79 Å². The zero-order valence-electron chi connectivity index (χ0n) is 10.7. The Morgan fingerprint density at radius 2 is 2.06 bits per heavy atom. The van der Waals surface area contributed by atoms with Gasteiger partial charge in [-0.15, -0.1) is 0 Å². The minimum Gasteiger partial charge on any atom is -0.465 e. The molecule has 1 aromatic carbocycles. The van der Waals surface area contributed by atoms with Crippen LogP contribution in [-0.2, 0) is 9.53 Å². The molecule has 0 bridgehead atoms. The Morgan fingerprint density at radius 1 is 1.39 bits per heavy atom. The maximum Gasteiger partial charge on any atom is 0.339 e. The van der Waals surface area contributed by atoms with E-state index in [1.165, 1.54) is 7.11 Å². The Kier molecular flexibility index (Phi) is 5.71. The topological polar surface area (TPSA) is 55.4 Å². The molecule has 0 fully saturated rings. The van der Waals surface area contributed by atoms with Gasteiger partial charge in [0.1, 0.15) is 0 Å². The van der Waals surface area contributed by atoms with E-state index in [0.29, 0.717) is 11.3 Å². The molecule has 0 radical (unpaired) electrons. The van der Waals surface area contributed by atoms with E-state index in [2.05, 4.69) is 10.1 Å². The molecule has 18 heavy (non-hydrogen) atoms. The van der Waals surface area contributed by atoms with Crippen LogP contribution >= 0.6 is 11.8 Å². The number of rotatable bonds is 5. The number of nitrogens with one attached hydrogen (secondary N) is 1. The summed E-state index contributed by atoms with van der Waals surface area (Å²) in [6.45, 7) is 1.85. The highest BCUT2D eigenvalue weighted by Crippen LogP contribution is 2.17. The van der Waals surface area contributed by atoms with E-state index in [1.807, 2.05) is 13.2 Å². The molecule has 1 aromatic rings. The third-order valence-corrected chi connectivity index (χ3v) is 3.29. The van der Waals surface area contributed by atoms with Crippen molar-refractivity contribution in [3.8, 4) is 0 Å². The van der Waals surface area contributed by atoms with Crippen LogP contribution in [0.15, 0.2) is 24.3 Å². The van der Waals surface area contributed by atoms with Gasteiger partial charge in [0.15, 0.2) is 0 Å². The Labute approximate surface area is 111 Å². The molecule has 1 N–H and O–H groups in total. The zero-order chi connectivity index (χ0) is 13.5. The van der Waals surface area contributed by atoms with Crippen LogP contribution in [0.1, 0.15) is 17.3 Å². The fourth-order valence-electron chi connectivity index (χ4n) is 1.46. The van der Waals surface area contributed by atoms with Gasteiger partial charge in [-0.25, -0.2) is 4.79 Å². The van der Waals surface area contributed by atoms with Gasteiger partial charge in [-0.1, -0.05) is 19.1 Å². The molecular weight excluding hydrogens is 250 g/mol. The smallest absolute Gasteiger partial charge is 0.339 e. The first-order valence-corrected chi connectivity index (χ1v) is 6.96. The van der Waals surface area contributed by atoms with Gasteiger partial charge in [-0.05, 0) is 18.4 Å². The summed E-state index contributed by atoms with van der Waals surface area (Å²) in [7, 11) is 1.32. The predicted molar refractivity (Wildman–Crippen MR) is 74.0 cm³/mol. The average Bonchev–Trinajstić information content (AvgIpc) is 2.38. The van der Waals surface area contributed by atoms with Gasteiger partial charge >= 0.3 is 5.97 Å². The molecule has 0 saturated heterocycles. The number of carbonyl (C=O) groups excluding carboxylic acids is 2. The van der Waals surface area contributed by atoms with Gasteiger partial charge in [0.05, 0.1) is 18.4 Å². The van der Waals surface area contributed by atoms with E-state index in [-0.39, 0.29) is 11.8 Å². The summed E-state index contributed by atoms with van der Waals surface area (Å²) in [5.74, 6) is 0.0847. The van der Waals surface area contributed by atoms with E-state index in [9.17, 15) is 9.59 Å². The summed E-state index contributed by atoms with van der Waals surface area (Å²) >= 11 is 1.61. The van der Waals surface area contributed by atoms with E-state index in [4.69, 9.17) is 0 Å². The molecule has 1 unspecified atom stereocenters. The summed E-state index contributed by atoms with van der Waals surface area (Å²) in [6, 6.07) is 6.81. The molecular formula is C13H17NO3S. The van der Waals surface area contributed by atoms with Gasteiger partial charge in [0.2, 0.25) is 5.91 Å². The first-order valence-electron chi connectivity index (χ1n) is 5.57. The lowest BCUT2D eigenvalue weighted by Gasteiger charge is -2.13. The minimum atomic E-state index is -0.455. The monoisotopic (exact) mass is 267 g/mol. The van der Waals surface area contributed by atoms with Crippen molar-refractivity contribution in [3.63, 3.8) is 0 Å². The lowest BCUT2D eigenvalue weighted by atomic mass is 10.1. The fourth-order valence-corrected chi connectivity index (χ4v) is 2.11. The highest BCUT2D eigenvalue weighted by atomic mass is 32.2. The largest absolute Gasteiger partial charge is 0.465 e. The number of hydrogen-bond donors (Lipinski definition) is 1. The van der Waals surface area contributed by atoms with E-state index in [1.54, 1.807) is 36.0 Å². The molecule has 5 heteroatoms. The molecule has 0 aliphatic rings. The Bertz CT molecular complexity index is 434. The highest BCUT2D eigenvalue weighted by Gasteiger charge is 2.16. The third kappa shape index (κ3) is 3.77. The quantitative estimate of drug-likeness (QED) is 0.832. The van der Waals surface area contributed by atoms with Gasteiger partial charge in [0, 0.05) is 11.7 Å². The number of carbonyl (C=O) groups is 2. The van der Waals surface area contributed by atoms with Gasteiger partial charge < -0.3 is 10.1 Å². The first-order chi connectivity index (χ1) is 8.60. The van der Waals surface area contributed by atoms with Crippen LogP contribution in [0.5, 0.6) is 0 Å². The molecule has 0 heterocycles. The number of methoxy groups -OCH3 is 1. The molecule has 1 atom stereocenters. The van der Waals surface area contributed by atoms with Gasteiger partial charge in [-0.2, -0.15) is 11.8 Å². The minimum absolute atomic E-state index is 0.0966. The number of ether oxygens (including phenoxy) is 1. The van der Waals surface area contributed by atoms with Crippen LogP contribution in [0, 0.1) is 5.92 Å². The number of esters is 1. The molecule has 0 aromatic heterocycles. The van der Waals surface area contributed by atoms with Crippen LogP contribution in [0.25, 0.3) is 0 Å². The second-order valence-electron chi connectivity index (χ2n) is 3.88. The second-order valence-corrected chi connectivity index (χ2v) is 4.79. The standard InChI is InChI=1S/C13H17NO3S/c1-9(8-18-3)12(15)14-11-7-5-4-6-10(11)13(16)17-2/h4-7,9H,8H2,1-3H3,(H,14,15). The number of hydrogen-bond acceptors (Lipinski definition) is 4. The van der Waals surface area contributed by atoms with Crippen LogP contribution in [0.4, 0.5) is 5.69 Å². The molecule has 1 amide bonds. The molecule has 4 nitrogen and oxygen atoms in total. The summed E-state index contributed by atoms with van der Waals surface area (Å²) < 4.78 is 4.67. The molecule has 1 rings (SSSR count). The zero-order valence-corrected chi connectivity index (χ0v) is 11.5. The summed E-state index contributed by atoms with van der Waals surface area (Å²) in [4.78, 5) is 23.4. The maximum atomic E-state index is 11.9. The Balaban J connectivity index is 2.84. The van der Waals surface area contributed by atoms with Crippen LogP contribution < -0.4 is 5.32 Å². The van der Waals surface area contributed by atoms with Gasteiger partial charge in [0.25, 0.3) is 0 Å². The number of thioether (sulfide) groups is 1. The first kappa shape index (κ1) is 14.6. The fraction of sp³-hybridized carbons (Fsp3) is 0.385. The SMILES string of the molecule is COC(=O)c1ccccc1NC(=O)C(C)CSC. The summed E-state index contributed by atoms with van der Waals surface area (Å²) in [6.07, 6.45) is 1.95. The normalized spacial score (nSPS) is 11.7. The van der Waals surface area contributed by atoms with Crippen molar-refractivity contribution in [2.45, 2.75) is 6.92 Å². The van der Waals surface area contributed by atoms with E-state index in [0.717, 1.165) is 5.75 Å². The predicted octanol–water partition coefficient (Wildman–Crippen LogP) is 2.41. The van der Waals surface area contributed by atoms with Crippen LogP contribution in [-0.4, -0.2) is 31.0 Å². The molecule has 0 spiro atoms. The highest BCUT2D eigenvalue weighted by molar-refractivity contribution is 7.98. The number of amides is 1. The average molecular weight is 267 g/mol. The van der Waals surface area contributed by atoms with Crippen LogP contribution in [0.2, 0.25) is 0 Å². The third-order valence-electron chi connectivity index (χ3n) is 2.45. The van der Waals surface area contributed by atoms with Crippen molar-refractivity contribution in [1.29, 1.82) is 0 Å². The second kappa shape index (κ2) is 7.06. The maximum absolute atomic E-state index is 11.9. The molecule has 98 valence electrons. The Morgan fingerprint density at radius 3 is 2.67 bits per heavy atom. The van der Waals surface area contributed by atoms with Crippen molar-refractivity contribution in [1.82, 2.24) is 0 Å². The van der Waals surface area contributed by atoms with E-state index >= 15 is 0 Å². The van der Waals surface area contributed by atoms with Crippen molar-refractivity contribution in [3.05, 3.63) is 29.8 Å². The lowest BCUT2D eigenvalue weighted by molar-refractivity contribution is -0.118. The number of para-hydroxylation sites is 1. The van der Waals surface area contributed by atoms with Crippen molar-refractivity contribution >= 4 is 29.3 Å². The Hall–Kier alpha value is -1.49. The summed E-state index contributed by atoms with van der Waals surface area (Å²) in [5, 5.41) is 2.76. The van der Waals surface area contributed by atoms with Crippen LogP contribution in [0.3, 0.4) is 0 Å². The van der Waals surface area contributed by atoms with Crippen molar-refractivity contribution in [2.24, 2.45) is 5.92 Å². The van der Waals surface area contributed by atoms with Crippen molar-refractivity contribution in [2.75, 3.05) is 24.4 Å². The molecule has 0 aliphatic heterocycles. The lowest BCUT2D eigenvalue weighted by Crippen LogP contribution is -2.23. The number of anilines is 1. The van der Waals surface area contributed by atoms with E-state index < -0.39 is 5.97 Å². The summed E-state index contributed by atoms with van der Waals surface area (Å²) in [5.41, 5.74) is 0.854. The van der Waals surface area contributed by atoms with Crippen molar-refractivity contribution < 1.29 is 14.3 Å². The number of benzene rings is 1. The molecule has 0 aliphatic carbocycles.